The van der Waals surface area contributed by atoms with Crippen molar-refractivity contribution >= 4 is 22.6 Å². The van der Waals surface area contributed by atoms with Gasteiger partial charge >= 0.3 is 6.03 Å². The van der Waals surface area contributed by atoms with Gasteiger partial charge in [0.25, 0.3) is 0 Å². The SMILES string of the molecule is CCOc1ccccc1NC(=O)N(CC)Cc1cc(=O)[nH]c2ccccc12. The van der Waals surface area contributed by atoms with Gasteiger partial charge in [-0.05, 0) is 37.6 Å². The van der Waals surface area contributed by atoms with Crippen molar-refractivity contribution in [2.75, 3.05) is 18.5 Å². The van der Waals surface area contributed by atoms with Crippen LogP contribution in [0.25, 0.3) is 10.9 Å². The van der Waals surface area contributed by atoms with Crippen molar-refractivity contribution in [3.8, 4) is 5.75 Å². The molecule has 0 saturated heterocycles. The van der Waals surface area contributed by atoms with E-state index in [0.717, 1.165) is 16.5 Å². The lowest BCUT2D eigenvalue weighted by atomic mass is 10.1. The van der Waals surface area contributed by atoms with Crippen LogP contribution in [0.15, 0.2) is 59.4 Å². The molecule has 3 rings (SSSR count). The molecule has 0 saturated carbocycles. The highest BCUT2D eigenvalue weighted by Gasteiger charge is 2.16. The highest BCUT2D eigenvalue weighted by atomic mass is 16.5. The molecule has 6 heteroatoms. The van der Waals surface area contributed by atoms with Crippen molar-refractivity contribution in [1.82, 2.24) is 9.88 Å². The first-order chi connectivity index (χ1) is 13.1. The zero-order chi connectivity index (χ0) is 19.2. The average molecular weight is 365 g/mol. The maximum Gasteiger partial charge on any atom is 0.322 e. The summed E-state index contributed by atoms with van der Waals surface area (Å²) in [5.41, 5.74) is 2.02. The molecule has 0 spiro atoms. The van der Waals surface area contributed by atoms with Gasteiger partial charge in [0, 0.05) is 30.1 Å². The number of pyridine rings is 1. The predicted molar refractivity (Wildman–Crippen MR) is 107 cm³/mol. The molecule has 2 amide bonds. The second-order valence-corrected chi connectivity index (χ2v) is 6.08. The van der Waals surface area contributed by atoms with E-state index in [0.29, 0.717) is 31.1 Å². The van der Waals surface area contributed by atoms with Gasteiger partial charge in [-0.1, -0.05) is 30.3 Å². The number of hydrogen-bond donors (Lipinski definition) is 2. The maximum atomic E-state index is 12.8. The largest absolute Gasteiger partial charge is 0.492 e. The topological polar surface area (TPSA) is 74.4 Å². The molecule has 6 nitrogen and oxygen atoms in total. The summed E-state index contributed by atoms with van der Waals surface area (Å²) < 4.78 is 5.56. The number of H-pyrrole nitrogens is 1. The van der Waals surface area contributed by atoms with E-state index >= 15 is 0 Å². The molecule has 0 aliphatic heterocycles. The fourth-order valence-corrected chi connectivity index (χ4v) is 2.99. The van der Waals surface area contributed by atoms with Crippen LogP contribution >= 0.6 is 0 Å². The van der Waals surface area contributed by atoms with Crippen molar-refractivity contribution in [1.29, 1.82) is 0 Å². The van der Waals surface area contributed by atoms with Gasteiger partial charge in [0.2, 0.25) is 5.56 Å². The minimum atomic E-state index is -0.242. The molecule has 0 atom stereocenters. The fourth-order valence-electron chi connectivity index (χ4n) is 2.99. The van der Waals surface area contributed by atoms with E-state index in [1.165, 1.54) is 0 Å². The quantitative estimate of drug-likeness (QED) is 0.694. The molecule has 2 aromatic carbocycles. The number of aromatic nitrogens is 1. The number of nitrogens with one attached hydrogen (secondary N) is 2. The number of rotatable bonds is 6. The molecular weight excluding hydrogens is 342 g/mol. The van der Waals surface area contributed by atoms with E-state index < -0.39 is 0 Å². The Kier molecular flexibility index (Phi) is 5.76. The fraction of sp³-hybridized carbons (Fsp3) is 0.238. The van der Waals surface area contributed by atoms with Crippen LogP contribution in [0.2, 0.25) is 0 Å². The summed E-state index contributed by atoms with van der Waals surface area (Å²) in [7, 11) is 0. The van der Waals surface area contributed by atoms with Gasteiger partial charge < -0.3 is 19.9 Å². The zero-order valence-corrected chi connectivity index (χ0v) is 15.5. The molecule has 0 unspecified atom stereocenters. The van der Waals surface area contributed by atoms with Gasteiger partial charge in [0.05, 0.1) is 12.3 Å². The Bertz CT molecular complexity index is 997. The second kappa shape index (κ2) is 8.40. The molecule has 1 aromatic heterocycles. The first kappa shape index (κ1) is 18.5. The number of fused-ring (bicyclic) bond motifs is 1. The van der Waals surface area contributed by atoms with Crippen molar-refractivity contribution in [2.45, 2.75) is 20.4 Å². The molecule has 0 fully saturated rings. The summed E-state index contributed by atoms with van der Waals surface area (Å²) in [6.45, 7) is 5.16. The number of carbonyl (C=O) groups is 1. The standard InChI is InChI=1S/C21H23N3O3/c1-3-24(21(26)23-18-11-7-8-12-19(18)27-4-2)14-15-13-20(25)22-17-10-6-5-9-16(15)17/h5-13H,3-4,14H2,1-2H3,(H,22,25)(H,23,26). The van der Waals surface area contributed by atoms with Crippen molar-refractivity contribution in [3.63, 3.8) is 0 Å². The smallest absolute Gasteiger partial charge is 0.322 e. The number of urea groups is 1. The first-order valence-electron chi connectivity index (χ1n) is 9.01. The molecule has 1 heterocycles. The monoisotopic (exact) mass is 365 g/mol. The third-order valence-corrected chi connectivity index (χ3v) is 4.29. The minimum absolute atomic E-state index is 0.179. The van der Waals surface area contributed by atoms with Crippen molar-refractivity contribution < 1.29 is 9.53 Å². The lowest BCUT2D eigenvalue weighted by molar-refractivity contribution is 0.212. The molecule has 0 aliphatic rings. The number of aromatic amines is 1. The molecule has 0 aliphatic carbocycles. The number of para-hydroxylation sites is 3. The van der Waals surface area contributed by atoms with E-state index in [1.807, 2.05) is 56.3 Å². The van der Waals surface area contributed by atoms with E-state index in [1.54, 1.807) is 17.0 Å². The van der Waals surface area contributed by atoms with Crippen LogP contribution in [-0.4, -0.2) is 29.1 Å². The van der Waals surface area contributed by atoms with Gasteiger partial charge in [-0.2, -0.15) is 0 Å². The van der Waals surface area contributed by atoms with Crippen LogP contribution in [0.1, 0.15) is 19.4 Å². The van der Waals surface area contributed by atoms with E-state index in [2.05, 4.69) is 10.3 Å². The van der Waals surface area contributed by atoms with Crippen LogP contribution < -0.4 is 15.6 Å². The number of benzene rings is 2. The van der Waals surface area contributed by atoms with Gasteiger partial charge in [-0.25, -0.2) is 4.79 Å². The van der Waals surface area contributed by atoms with Crippen LogP contribution in [-0.2, 0) is 6.54 Å². The number of amides is 2. The highest BCUT2D eigenvalue weighted by Crippen LogP contribution is 2.24. The van der Waals surface area contributed by atoms with Gasteiger partial charge in [-0.15, -0.1) is 0 Å². The Hall–Kier alpha value is -3.28. The maximum absolute atomic E-state index is 12.8. The Morgan fingerprint density at radius 3 is 2.63 bits per heavy atom. The summed E-state index contributed by atoms with van der Waals surface area (Å²) in [4.78, 5) is 29.2. The van der Waals surface area contributed by atoms with Crippen LogP contribution in [0.3, 0.4) is 0 Å². The van der Waals surface area contributed by atoms with Crippen LogP contribution in [0.5, 0.6) is 5.75 Å². The van der Waals surface area contributed by atoms with Gasteiger partial charge in [0.15, 0.2) is 0 Å². The molecule has 140 valence electrons. The summed E-state index contributed by atoms with van der Waals surface area (Å²) in [5.74, 6) is 0.631. The number of anilines is 1. The minimum Gasteiger partial charge on any atom is -0.492 e. The molecular formula is C21H23N3O3. The van der Waals surface area contributed by atoms with E-state index in [9.17, 15) is 9.59 Å². The number of hydrogen-bond acceptors (Lipinski definition) is 3. The summed E-state index contributed by atoms with van der Waals surface area (Å²) in [6, 6.07) is 16.2. The molecule has 3 aromatic rings. The molecule has 2 N–H and O–H groups in total. The summed E-state index contributed by atoms with van der Waals surface area (Å²) in [5, 5.41) is 3.83. The normalized spacial score (nSPS) is 10.6. The lowest BCUT2D eigenvalue weighted by Gasteiger charge is -2.23. The number of nitrogens with zero attached hydrogens (tertiary/aromatic N) is 1. The predicted octanol–water partition coefficient (Wildman–Crippen LogP) is 3.98. The van der Waals surface area contributed by atoms with Crippen LogP contribution in [0, 0.1) is 0 Å². The summed E-state index contributed by atoms with van der Waals surface area (Å²) in [6.07, 6.45) is 0. The molecule has 0 radical (unpaired) electrons. The molecule has 0 bridgehead atoms. The third kappa shape index (κ3) is 4.28. The van der Waals surface area contributed by atoms with E-state index in [-0.39, 0.29) is 11.6 Å². The number of ether oxygens (including phenoxy) is 1. The molecule has 27 heavy (non-hydrogen) atoms. The lowest BCUT2D eigenvalue weighted by Crippen LogP contribution is -2.34. The Balaban J connectivity index is 1.84. The second-order valence-electron chi connectivity index (χ2n) is 6.08. The average Bonchev–Trinajstić information content (AvgIpc) is 2.67. The van der Waals surface area contributed by atoms with Crippen LogP contribution in [0.4, 0.5) is 10.5 Å². The van der Waals surface area contributed by atoms with Gasteiger partial charge in [0.1, 0.15) is 5.75 Å². The van der Waals surface area contributed by atoms with Crippen molar-refractivity contribution in [2.24, 2.45) is 0 Å². The third-order valence-electron chi connectivity index (χ3n) is 4.29. The Labute approximate surface area is 157 Å². The highest BCUT2D eigenvalue weighted by molar-refractivity contribution is 5.91. The van der Waals surface area contributed by atoms with E-state index in [4.69, 9.17) is 4.74 Å². The van der Waals surface area contributed by atoms with Crippen molar-refractivity contribution in [3.05, 3.63) is 70.5 Å². The van der Waals surface area contributed by atoms with Gasteiger partial charge in [-0.3, -0.25) is 4.79 Å². The summed E-state index contributed by atoms with van der Waals surface area (Å²) >= 11 is 0. The first-order valence-corrected chi connectivity index (χ1v) is 9.01. The Morgan fingerprint density at radius 1 is 1.11 bits per heavy atom. The Morgan fingerprint density at radius 2 is 1.85 bits per heavy atom. The number of carbonyl (C=O) groups excluding carboxylic acids is 1. The zero-order valence-electron chi connectivity index (χ0n) is 15.5.